The van der Waals surface area contributed by atoms with E-state index in [-0.39, 0.29) is 0 Å². The molecule has 0 aliphatic carbocycles. The standard InChI is InChI=1S/C18H19N5S2/c1-3-7-15-19-12(10-24-15)11-25-18-20-17-16(21-22-18)13-8-5-6-9-14(13)23(17)4-2/h5-6,8-10H,3-4,7,11H2,1-2H3. The first kappa shape index (κ1) is 16.5. The Kier molecular flexibility index (Phi) is 4.67. The number of thioether (sulfide) groups is 1. The van der Waals surface area contributed by atoms with E-state index < -0.39 is 0 Å². The van der Waals surface area contributed by atoms with Gasteiger partial charge in [0.05, 0.1) is 16.2 Å². The van der Waals surface area contributed by atoms with E-state index in [1.54, 1.807) is 23.1 Å². The Bertz CT molecular complexity index is 1020. The number of aryl methyl sites for hydroxylation is 2. The van der Waals surface area contributed by atoms with Crippen LogP contribution in [0, 0.1) is 0 Å². The van der Waals surface area contributed by atoms with Gasteiger partial charge in [-0.15, -0.1) is 21.5 Å². The van der Waals surface area contributed by atoms with Gasteiger partial charge in [0.1, 0.15) is 5.52 Å². The zero-order valence-electron chi connectivity index (χ0n) is 14.3. The minimum Gasteiger partial charge on any atom is -0.324 e. The molecule has 0 atom stereocenters. The van der Waals surface area contributed by atoms with Crippen LogP contribution in [-0.2, 0) is 18.7 Å². The molecule has 0 aliphatic heterocycles. The molecule has 0 bridgehead atoms. The summed E-state index contributed by atoms with van der Waals surface area (Å²) in [7, 11) is 0. The second-order valence-corrected chi connectivity index (χ2v) is 7.68. The average Bonchev–Trinajstić information content (AvgIpc) is 3.22. The van der Waals surface area contributed by atoms with E-state index in [1.807, 2.05) is 12.1 Å². The molecular weight excluding hydrogens is 350 g/mol. The van der Waals surface area contributed by atoms with Crippen molar-refractivity contribution in [3.8, 4) is 0 Å². The van der Waals surface area contributed by atoms with Crippen molar-refractivity contribution in [3.05, 3.63) is 40.3 Å². The van der Waals surface area contributed by atoms with Crippen molar-refractivity contribution in [2.24, 2.45) is 0 Å². The van der Waals surface area contributed by atoms with E-state index in [0.717, 1.165) is 52.9 Å². The largest absolute Gasteiger partial charge is 0.324 e. The molecule has 128 valence electrons. The van der Waals surface area contributed by atoms with E-state index in [0.29, 0.717) is 5.16 Å². The molecular formula is C18H19N5S2. The minimum atomic E-state index is 0.704. The molecule has 0 amide bonds. The molecule has 0 spiro atoms. The summed E-state index contributed by atoms with van der Waals surface area (Å²) in [6.45, 7) is 5.17. The van der Waals surface area contributed by atoms with Crippen molar-refractivity contribution in [3.63, 3.8) is 0 Å². The van der Waals surface area contributed by atoms with Gasteiger partial charge < -0.3 is 4.57 Å². The molecule has 0 N–H and O–H groups in total. The van der Waals surface area contributed by atoms with Gasteiger partial charge in [0.15, 0.2) is 5.65 Å². The van der Waals surface area contributed by atoms with Gasteiger partial charge in [-0.2, -0.15) is 0 Å². The molecule has 7 heteroatoms. The van der Waals surface area contributed by atoms with Crippen molar-refractivity contribution >= 4 is 45.2 Å². The van der Waals surface area contributed by atoms with Crippen LogP contribution >= 0.6 is 23.1 Å². The predicted octanol–water partition coefficient (Wildman–Crippen LogP) is 4.70. The number of para-hydroxylation sites is 1. The molecule has 0 aliphatic rings. The van der Waals surface area contributed by atoms with Gasteiger partial charge in [-0.1, -0.05) is 36.9 Å². The van der Waals surface area contributed by atoms with Crippen LogP contribution < -0.4 is 0 Å². The molecule has 0 radical (unpaired) electrons. The molecule has 0 unspecified atom stereocenters. The Labute approximate surface area is 154 Å². The van der Waals surface area contributed by atoms with Crippen molar-refractivity contribution in [1.82, 2.24) is 24.7 Å². The third-order valence-electron chi connectivity index (χ3n) is 4.08. The lowest BCUT2D eigenvalue weighted by atomic mass is 10.2. The van der Waals surface area contributed by atoms with Crippen LogP contribution in [0.3, 0.4) is 0 Å². The fraction of sp³-hybridized carbons (Fsp3) is 0.333. The van der Waals surface area contributed by atoms with Crippen LogP contribution in [-0.4, -0.2) is 24.7 Å². The van der Waals surface area contributed by atoms with E-state index in [4.69, 9.17) is 4.98 Å². The number of rotatable bonds is 6. The zero-order valence-corrected chi connectivity index (χ0v) is 15.9. The van der Waals surface area contributed by atoms with Gasteiger partial charge in [-0.3, -0.25) is 0 Å². The van der Waals surface area contributed by atoms with Crippen LogP contribution in [0.2, 0.25) is 0 Å². The molecule has 0 saturated heterocycles. The summed E-state index contributed by atoms with van der Waals surface area (Å²) < 4.78 is 2.20. The highest BCUT2D eigenvalue weighted by Gasteiger charge is 2.14. The lowest BCUT2D eigenvalue weighted by Gasteiger charge is -2.02. The number of thiazole rings is 1. The molecule has 1 aromatic carbocycles. The van der Waals surface area contributed by atoms with E-state index in [9.17, 15) is 0 Å². The van der Waals surface area contributed by atoms with Crippen LogP contribution in [0.5, 0.6) is 0 Å². The highest BCUT2D eigenvalue weighted by atomic mass is 32.2. The van der Waals surface area contributed by atoms with Gasteiger partial charge in [-0.05, 0) is 25.8 Å². The summed E-state index contributed by atoms with van der Waals surface area (Å²) >= 11 is 3.33. The molecule has 4 aromatic rings. The van der Waals surface area contributed by atoms with Crippen LogP contribution in [0.1, 0.15) is 31.0 Å². The van der Waals surface area contributed by atoms with Crippen LogP contribution in [0.25, 0.3) is 22.1 Å². The molecule has 0 fully saturated rings. The second kappa shape index (κ2) is 7.09. The topological polar surface area (TPSA) is 56.5 Å². The maximum Gasteiger partial charge on any atom is 0.211 e. The summed E-state index contributed by atoms with van der Waals surface area (Å²) in [5.41, 5.74) is 4.04. The van der Waals surface area contributed by atoms with Gasteiger partial charge in [0.25, 0.3) is 0 Å². The second-order valence-electron chi connectivity index (χ2n) is 5.80. The van der Waals surface area contributed by atoms with Gasteiger partial charge in [0, 0.05) is 23.1 Å². The SMILES string of the molecule is CCCc1nc(CSc2nnc3c4ccccc4n(CC)c3n2)cs1. The number of hydrogen-bond acceptors (Lipinski definition) is 6. The summed E-state index contributed by atoms with van der Waals surface area (Å²) in [6.07, 6.45) is 2.18. The summed E-state index contributed by atoms with van der Waals surface area (Å²) in [4.78, 5) is 9.43. The lowest BCUT2D eigenvalue weighted by molar-refractivity contribution is 0.789. The van der Waals surface area contributed by atoms with Gasteiger partial charge in [0.2, 0.25) is 5.16 Å². The Hall–Kier alpha value is -1.99. The lowest BCUT2D eigenvalue weighted by Crippen LogP contribution is -1.98. The third-order valence-corrected chi connectivity index (χ3v) is 5.91. The van der Waals surface area contributed by atoms with Gasteiger partial charge in [-0.25, -0.2) is 9.97 Å². The van der Waals surface area contributed by atoms with Crippen molar-refractivity contribution in [2.45, 2.75) is 44.1 Å². The molecule has 3 heterocycles. The fourth-order valence-corrected chi connectivity index (χ4v) is 4.63. The molecule has 4 rings (SSSR count). The third kappa shape index (κ3) is 3.14. The normalized spacial score (nSPS) is 11.6. The molecule has 5 nitrogen and oxygen atoms in total. The Morgan fingerprint density at radius 1 is 1.12 bits per heavy atom. The van der Waals surface area contributed by atoms with Crippen molar-refractivity contribution < 1.29 is 0 Å². The summed E-state index contributed by atoms with van der Waals surface area (Å²) in [5, 5.41) is 13.9. The first-order valence-corrected chi connectivity index (χ1v) is 10.3. The predicted molar refractivity (Wildman–Crippen MR) is 104 cm³/mol. The maximum atomic E-state index is 4.77. The zero-order chi connectivity index (χ0) is 17.2. The average molecular weight is 370 g/mol. The molecule has 0 saturated carbocycles. The Balaban J connectivity index is 1.63. The summed E-state index contributed by atoms with van der Waals surface area (Å²) in [6, 6.07) is 8.27. The summed E-state index contributed by atoms with van der Waals surface area (Å²) in [5.74, 6) is 0.778. The monoisotopic (exact) mass is 369 g/mol. The number of nitrogens with zero attached hydrogens (tertiary/aromatic N) is 5. The fourth-order valence-electron chi connectivity index (χ4n) is 2.95. The first-order chi connectivity index (χ1) is 12.3. The van der Waals surface area contributed by atoms with E-state index in [1.165, 1.54) is 5.01 Å². The quantitative estimate of drug-likeness (QED) is 0.461. The molecule has 3 aromatic heterocycles. The number of fused-ring (bicyclic) bond motifs is 3. The van der Waals surface area contributed by atoms with Crippen molar-refractivity contribution in [1.29, 1.82) is 0 Å². The molecule has 25 heavy (non-hydrogen) atoms. The van der Waals surface area contributed by atoms with Crippen LogP contribution in [0.15, 0.2) is 34.8 Å². The van der Waals surface area contributed by atoms with E-state index >= 15 is 0 Å². The smallest absolute Gasteiger partial charge is 0.211 e. The number of aromatic nitrogens is 5. The number of hydrogen-bond donors (Lipinski definition) is 0. The Morgan fingerprint density at radius 3 is 2.84 bits per heavy atom. The highest BCUT2D eigenvalue weighted by molar-refractivity contribution is 7.98. The number of benzene rings is 1. The van der Waals surface area contributed by atoms with Gasteiger partial charge >= 0.3 is 0 Å². The van der Waals surface area contributed by atoms with Crippen LogP contribution in [0.4, 0.5) is 0 Å². The Morgan fingerprint density at radius 2 is 2.00 bits per heavy atom. The highest BCUT2D eigenvalue weighted by Crippen LogP contribution is 2.28. The maximum absolute atomic E-state index is 4.77. The first-order valence-electron chi connectivity index (χ1n) is 8.48. The minimum absolute atomic E-state index is 0.704. The van der Waals surface area contributed by atoms with Crippen molar-refractivity contribution in [2.75, 3.05) is 0 Å². The van der Waals surface area contributed by atoms with E-state index in [2.05, 4.69) is 51.1 Å².